The predicted octanol–water partition coefficient (Wildman–Crippen LogP) is 2.03. The Morgan fingerprint density at radius 1 is 1.59 bits per heavy atom. The molecule has 1 aromatic heterocycles. The number of anilines is 1. The number of hydrogen-bond donors (Lipinski definition) is 2. The molecule has 1 aliphatic rings. The molecular weight excluding hydrogens is 214 g/mol. The molecule has 1 saturated heterocycles. The van der Waals surface area contributed by atoms with Crippen LogP contribution in [0, 0.1) is 0 Å². The Balaban J connectivity index is 2.01. The topological polar surface area (TPSA) is 46.2 Å². The van der Waals surface area contributed by atoms with E-state index >= 15 is 0 Å². The van der Waals surface area contributed by atoms with Gasteiger partial charge in [-0.2, -0.15) is 0 Å². The van der Waals surface area contributed by atoms with Crippen molar-refractivity contribution in [2.45, 2.75) is 38.8 Å². The molecule has 2 atom stereocenters. The van der Waals surface area contributed by atoms with Crippen LogP contribution < -0.4 is 15.4 Å². The van der Waals surface area contributed by atoms with E-state index in [-0.39, 0.29) is 0 Å². The van der Waals surface area contributed by atoms with Crippen molar-refractivity contribution in [2.75, 3.05) is 18.5 Å². The van der Waals surface area contributed by atoms with Crippen LogP contribution in [0.1, 0.15) is 26.7 Å². The largest absolute Gasteiger partial charge is 0.490 e. The number of ether oxygens (including phenoxy) is 1. The van der Waals surface area contributed by atoms with Crippen LogP contribution in [-0.2, 0) is 0 Å². The van der Waals surface area contributed by atoms with Gasteiger partial charge in [0.25, 0.3) is 0 Å². The lowest BCUT2D eigenvalue weighted by molar-refractivity contribution is 0.338. The molecule has 0 bridgehead atoms. The van der Waals surface area contributed by atoms with Crippen LogP contribution in [-0.4, -0.2) is 30.2 Å². The number of nitrogens with one attached hydrogen (secondary N) is 2. The lowest BCUT2D eigenvalue weighted by Crippen LogP contribution is -2.41. The summed E-state index contributed by atoms with van der Waals surface area (Å²) in [4.78, 5) is 4.36. The lowest BCUT2D eigenvalue weighted by Gasteiger charge is -2.29. The van der Waals surface area contributed by atoms with E-state index < -0.39 is 0 Å². The molecule has 0 spiro atoms. The van der Waals surface area contributed by atoms with Gasteiger partial charge in [-0.1, -0.05) is 0 Å². The quantitative estimate of drug-likeness (QED) is 0.838. The van der Waals surface area contributed by atoms with Crippen molar-refractivity contribution in [2.24, 2.45) is 0 Å². The third-order valence-corrected chi connectivity index (χ3v) is 3.04. The van der Waals surface area contributed by atoms with Crippen molar-refractivity contribution in [1.82, 2.24) is 10.3 Å². The zero-order valence-electron chi connectivity index (χ0n) is 10.6. The van der Waals surface area contributed by atoms with E-state index in [2.05, 4.69) is 22.5 Å². The average molecular weight is 235 g/mol. The van der Waals surface area contributed by atoms with Gasteiger partial charge in [0.05, 0.1) is 6.61 Å². The maximum absolute atomic E-state index is 5.56. The molecule has 0 radical (unpaired) electrons. The second kappa shape index (κ2) is 5.87. The molecule has 2 unspecified atom stereocenters. The Bertz CT molecular complexity index is 356. The maximum Gasteiger partial charge on any atom is 0.168 e. The average Bonchev–Trinajstić information content (AvgIpc) is 2.32. The smallest absolute Gasteiger partial charge is 0.168 e. The Morgan fingerprint density at radius 2 is 2.47 bits per heavy atom. The van der Waals surface area contributed by atoms with Gasteiger partial charge in [-0.3, -0.25) is 0 Å². The van der Waals surface area contributed by atoms with E-state index in [0.29, 0.717) is 18.7 Å². The predicted molar refractivity (Wildman–Crippen MR) is 69.5 cm³/mol. The minimum Gasteiger partial charge on any atom is -0.490 e. The number of nitrogens with zero attached hydrogens (tertiary/aromatic N) is 1. The van der Waals surface area contributed by atoms with E-state index in [9.17, 15) is 0 Å². The van der Waals surface area contributed by atoms with E-state index in [0.717, 1.165) is 31.0 Å². The Morgan fingerprint density at radius 3 is 3.24 bits per heavy atom. The van der Waals surface area contributed by atoms with Gasteiger partial charge in [0.2, 0.25) is 0 Å². The third-order valence-electron chi connectivity index (χ3n) is 3.04. The van der Waals surface area contributed by atoms with E-state index in [4.69, 9.17) is 4.74 Å². The van der Waals surface area contributed by atoms with Crippen molar-refractivity contribution in [3.05, 3.63) is 18.3 Å². The Kier molecular flexibility index (Phi) is 4.20. The van der Waals surface area contributed by atoms with Gasteiger partial charge in [0, 0.05) is 18.3 Å². The fourth-order valence-corrected chi connectivity index (χ4v) is 2.23. The van der Waals surface area contributed by atoms with Crippen molar-refractivity contribution < 1.29 is 4.74 Å². The van der Waals surface area contributed by atoms with Crippen LogP contribution in [0.15, 0.2) is 18.3 Å². The second-order valence-corrected chi connectivity index (χ2v) is 4.50. The first kappa shape index (κ1) is 12.2. The fourth-order valence-electron chi connectivity index (χ4n) is 2.23. The van der Waals surface area contributed by atoms with Crippen molar-refractivity contribution >= 4 is 5.82 Å². The highest BCUT2D eigenvalue weighted by atomic mass is 16.5. The Hall–Kier alpha value is -1.29. The summed E-state index contributed by atoms with van der Waals surface area (Å²) in [7, 11) is 0. The molecule has 0 saturated carbocycles. The van der Waals surface area contributed by atoms with Crippen molar-refractivity contribution in [1.29, 1.82) is 0 Å². The van der Waals surface area contributed by atoms with Crippen LogP contribution >= 0.6 is 0 Å². The van der Waals surface area contributed by atoms with Crippen molar-refractivity contribution in [3.63, 3.8) is 0 Å². The molecule has 0 amide bonds. The fraction of sp³-hybridized carbons (Fsp3) is 0.615. The highest BCUT2D eigenvalue weighted by Gasteiger charge is 2.19. The summed E-state index contributed by atoms with van der Waals surface area (Å²) in [5.74, 6) is 1.72. The van der Waals surface area contributed by atoms with Gasteiger partial charge in [-0.15, -0.1) is 0 Å². The SMILES string of the molecule is CCOc1cccnc1NC1CCNC(C)C1. The summed E-state index contributed by atoms with van der Waals surface area (Å²) in [6.45, 7) is 5.94. The number of rotatable bonds is 4. The molecule has 0 aliphatic carbocycles. The van der Waals surface area contributed by atoms with Gasteiger partial charge in [0.15, 0.2) is 11.6 Å². The Labute approximate surface area is 103 Å². The van der Waals surface area contributed by atoms with Crippen molar-refractivity contribution in [3.8, 4) is 5.75 Å². The lowest BCUT2D eigenvalue weighted by atomic mass is 10.0. The van der Waals surface area contributed by atoms with Crippen LogP contribution in [0.4, 0.5) is 5.82 Å². The van der Waals surface area contributed by atoms with Crippen LogP contribution in [0.5, 0.6) is 5.75 Å². The standard InChI is InChI=1S/C13H21N3O/c1-3-17-12-5-4-7-15-13(12)16-11-6-8-14-10(2)9-11/h4-5,7,10-11,14H,3,6,8-9H2,1-2H3,(H,15,16). The van der Waals surface area contributed by atoms with Crippen LogP contribution in [0.3, 0.4) is 0 Å². The number of pyridine rings is 1. The zero-order chi connectivity index (χ0) is 12.1. The number of piperidine rings is 1. The highest BCUT2D eigenvalue weighted by Crippen LogP contribution is 2.23. The molecule has 17 heavy (non-hydrogen) atoms. The molecule has 4 nitrogen and oxygen atoms in total. The van der Waals surface area contributed by atoms with Gasteiger partial charge in [-0.05, 0) is 45.4 Å². The first-order valence-electron chi connectivity index (χ1n) is 6.37. The highest BCUT2D eigenvalue weighted by molar-refractivity contribution is 5.50. The summed E-state index contributed by atoms with van der Waals surface area (Å²) in [5, 5.41) is 6.93. The van der Waals surface area contributed by atoms with Crippen LogP contribution in [0.2, 0.25) is 0 Å². The summed E-state index contributed by atoms with van der Waals surface area (Å²) in [5.41, 5.74) is 0. The van der Waals surface area contributed by atoms with Gasteiger partial charge in [-0.25, -0.2) is 4.98 Å². The molecule has 2 N–H and O–H groups in total. The first-order valence-corrected chi connectivity index (χ1v) is 6.37. The van der Waals surface area contributed by atoms with E-state index in [1.54, 1.807) is 6.20 Å². The molecule has 1 fully saturated rings. The molecule has 2 heterocycles. The van der Waals surface area contributed by atoms with E-state index in [1.165, 1.54) is 0 Å². The number of aromatic nitrogens is 1. The summed E-state index contributed by atoms with van der Waals surface area (Å²) in [6, 6.07) is 4.92. The molecule has 0 aromatic carbocycles. The normalized spacial score (nSPS) is 24.4. The summed E-state index contributed by atoms with van der Waals surface area (Å²) < 4.78 is 5.56. The van der Waals surface area contributed by atoms with Crippen LogP contribution in [0.25, 0.3) is 0 Å². The first-order chi connectivity index (χ1) is 8.29. The molecule has 1 aliphatic heterocycles. The summed E-state index contributed by atoms with van der Waals surface area (Å²) >= 11 is 0. The van der Waals surface area contributed by atoms with Gasteiger partial charge < -0.3 is 15.4 Å². The molecular formula is C13H21N3O. The minimum atomic E-state index is 0.486. The maximum atomic E-state index is 5.56. The van der Waals surface area contributed by atoms with E-state index in [1.807, 2.05) is 19.1 Å². The van der Waals surface area contributed by atoms with Gasteiger partial charge in [0.1, 0.15) is 0 Å². The second-order valence-electron chi connectivity index (χ2n) is 4.50. The molecule has 94 valence electrons. The van der Waals surface area contributed by atoms with Gasteiger partial charge >= 0.3 is 0 Å². The molecule has 2 rings (SSSR count). The third kappa shape index (κ3) is 3.33. The number of hydrogen-bond acceptors (Lipinski definition) is 4. The molecule has 4 heteroatoms. The molecule has 1 aromatic rings. The minimum absolute atomic E-state index is 0.486. The monoisotopic (exact) mass is 235 g/mol. The zero-order valence-corrected chi connectivity index (χ0v) is 10.6. The summed E-state index contributed by atoms with van der Waals surface area (Å²) in [6.07, 6.45) is 4.06.